The summed E-state index contributed by atoms with van der Waals surface area (Å²) in [6, 6.07) is 15.4. The maximum atomic E-state index is 13.0. The number of halogens is 1. The Morgan fingerprint density at radius 2 is 1.92 bits per heavy atom. The normalized spacial score (nSPS) is 11.9. The Morgan fingerprint density at radius 3 is 2.60 bits per heavy atom. The van der Waals surface area contributed by atoms with Crippen molar-refractivity contribution in [2.24, 2.45) is 0 Å². The lowest BCUT2D eigenvalue weighted by atomic mass is 10.1. The van der Waals surface area contributed by atoms with Crippen LogP contribution in [0.3, 0.4) is 0 Å². The van der Waals surface area contributed by atoms with E-state index in [1.54, 1.807) is 18.3 Å². The molecule has 1 atom stereocenters. The first-order chi connectivity index (χ1) is 12.2. The number of rotatable bonds is 6. The zero-order chi connectivity index (χ0) is 17.6. The highest BCUT2D eigenvalue weighted by atomic mass is 19.1. The average molecular weight is 339 g/mol. The second-order valence-corrected chi connectivity index (χ2v) is 5.49. The van der Waals surface area contributed by atoms with Gasteiger partial charge in [0.1, 0.15) is 11.6 Å². The number of hydrogen-bond donors (Lipinski definition) is 2. The van der Waals surface area contributed by atoms with E-state index >= 15 is 0 Å². The third kappa shape index (κ3) is 4.10. The van der Waals surface area contributed by atoms with Crippen LogP contribution in [0.5, 0.6) is 0 Å². The standard InChI is InChI=1S/C19H18FN3O2/c1-25-18(14-5-3-2-4-6-14)19(24)22-12-17-21-11-16(23-17)13-7-9-15(20)10-8-13/h2-11,18H,12H2,1H3,(H,21,23)(H,22,24)/t18-/m1/s1. The number of aromatic nitrogens is 2. The average Bonchev–Trinajstić information content (AvgIpc) is 3.11. The van der Waals surface area contributed by atoms with Crippen molar-refractivity contribution in [1.29, 1.82) is 0 Å². The Hall–Kier alpha value is -2.99. The Balaban J connectivity index is 1.63. The quantitative estimate of drug-likeness (QED) is 0.725. The lowest BCUT2D eigenvalue weighted by Crippen LogP contribution is -2.30. The highest BCUT2D eigenvalue weighted by Crippen LogP contribution is 2.18. The Morgan fingerprint density at radius 1 is 1.20 bits per heavy atom. The van der Waals surface area contributed by atoms with Gasteiger partial charge in [0.05, 0.1) is 18.4 Å². The van der Waals surface area contributed by atoms with Crippen LogP contribution in [-0.2, 0) is 16.1 Å². The van der Waals surface area contributed by atoms with Crippen LogP contribution in [0.15, 0.2) is 60.8 Å². The molecular weight excluding hydrogens is 321 g/mol. The second kappa shape index (κ2) is 7.72. The largest absolute Gasteiger partial charge is 0.367 e. The van der Waals surface area contributed by atoms with E-state index in [2.05, 4.69) is 15.3 Å². The van der Waals surface area contributed by atoms with E-state index < -0.39 is 6.10 Å². The van der Waals surface area contributed by atoms with Crippen LogP contribution in [0, 0.1) is 5.82 Å². The van der Waals surface area contributed by atoms with Crippen LogP contribution < -0.4 is 5.32 Å². The van der Waals surface area contributed by atoms with E-state index in [1.165, 1.54) is 19.2 Å². The van der Waals surface area contributed by atoms with Crippen LogP contribution in [0.25, 0.3) is 11.3 Å². The molecule has 0 spiro atoms. The van der Waals surface area contributed by atoms with Gasteiger partial charge in [0, 0.05) is 7.11 Å². The second-order valence-electron chi connectivity index (χ2n) is 5.49. The molecule has 0 aliphatic rings. The molecule has 6 heteroatoms. The third-order valence-corrected chi connectivity index (χ3v) is 3.79. The molecule has 2 N–H and O–H groups in total. The predicted molar refractivity (Wildman–Crippen MR) is 92.0 cm³/mol. The van der Waals surface area contributed by atoms with Crippen LogP contribution in [-0.4, -0.2) is 23.0 Å². The van der Waals surface area contributed by atoms with Gasteiger partial charge >= 0.3 is 0 Å². The zero-order valence-corrected chi connectivity index (χ0v) is 13.7. The van der Waals surface area contributed by atoms with Crippen molar-refractivity contribution in [2.45, 2.75) is 12.6 Å². The van der Waals surface area contributed by atoms with Gasteiger partial charge < -0.3 is 15.0 Å². The van der Waals surface area contributed by atoms with Gasteiger partial charge in [-0.15, -0.1) is 0 Å². The topological polar surface area (TPSA) is 67.0 Å². The summed E-state index contributed by atoms with van der Waals surface area (Å²) in [6.45, 7) is 0.243. The van der Waals surface area contributed by atoms with E-state index in [9.17, 15) is 9.18 Å². The lowest BCUT2D eigenvalue weighted by molar-refractivity contribution is -0.131. The maximum Gasteiger partial charge on any atom is 0.254 e. The summed E-state index contributed by atoms with van der Waals surface area (Å²) < 4.78 is 18.3. The van der Waals surface area contributed by atoms with E-state index in [1.807, 2.05) is 30.3 Å². The van der Waals surface area contributed by atoms with Crippen molar-refractivity contribution in [3.05, 3.63) is 78.0 Å². The molecule has 1 amide bonds. The summed E-state index contributed by atoms with van der Waals surface area (Å²) in [7, 11) is 1.50. The number of aromatic amines is 1. The van der Waals surface area contributed by atoms with E-state index in [0.717, 1.165) is 16.8 Å². The summed E-state index contributed by atoms with van der Waals surface area (Å²) in [6.07, 6.45) is 0.979. The first-order valence-electron chi connectivity index (χ1n) is 7.82. The molecular formula is C19H18FN3O2. The summed E-state index contributed by atoms with van der Waals surface area (Å²) in [4.78, 5) is 19.7. The van der Waals surface area contributed by atoms with Crippen molar-refractivity contribution in [2.75, 3.05) is 7.11 Å². The van der Waals surface area contributed by atoms with Crippen molar-refractivity contribution in [1.82, 2.24) is 15.3 Å². The molecule has 0 aliphatic heterocycles. The maximum absolute atomic E-state index is 13.0. The molecule has 0 bridgehead atoms. The Bertz CT molecular complexity index is 831. The monoisotopic (exact) mass is 339 g/mol. The van der Waals surface area contributed by atoms with Gasteiger partial charge in [0.15, 0.2) is 6.10 Å². The van der Waals surface area contributed by atoms with Crippen LogP contribution >= 0.6 is 0 Å². The van der Waals surface area contributed by atoms with Crippen molar-refractivity contribution in [3.63, 3.8) is 0 Å². The van der Waals surface area contributed by atoms with Crippen LogP contribution in [0.1, 0.15) is 17.5 Å². The number of carbonyl (C=O) groups is 1. The first kappa shape index (κ1) is 16.9. The number of methoxy groups -OCH3 is 1. The smallest absolute Gasteiger partial charge is 0.254 e. The first-order valence-corrected chi connectivity index (χ1v) is 7.82. The van der Waals surface area contributed by atoms with Crippen molar-refractivity contribution in [3.8, 4) is 11.3 Å². The molecule has 3 aromatic rings. The number of benzene rings is 2. The number of imidazole rings is 1. The number of hydrogen-bond acceptors (Lipinski definition) is 3. The van der Waals surface area contributed by atoms with Gasteiger partial charge in [0.25, 0.3) is 5.91 Å². The summed E-state index contributed by atoms with van der Waals surface area (Å²) >= 11 is 0. The van der Waals surface area contributed by atoms with Crippen LogP contribution in [0.2, 0.25) is 0 Å². The van der Waals surface area contributed by atoms with Crippen molar-refractivity contribution < 1.29 is 13.9 Å². The number of nitrogens with one attached hydrogen (secondary N) is 2. The third-order valence-electron chi connectivity index (χ3n) is 3.79. The van der Waals surface area contributed by atoms with Gasteiger partial charge in [-0.25, -0.2) is 9.37 Å². The molecule has 0 saturated heterocycles. The molecule has 0 aliphatic carbocycles. The van der Waals surface area contributed by atoms with Crippen molar-refractivity contribution >= 4 is 5.91 Å². The lowest BCUT2D eigenvalue weighted by Gasteiger charge is -2.15. The number of amides is 1. The number of H-pyrrole nitrogens is 1. The fourth-order valence-electron chi connectivity index (χ4n) is 2.51. The molecule has 25 heavy (non-hydrogen) atoms. The number of carbonyl (C=O) groups excluding carboxylic acids is 1. The molecule has 1 heterocycles. The molecule has 128 valence electrons. The van der Waals surface area contributed by atoms with E-state index in [4.69, 9.17) is 4.74 Å². The van der Waals surface area contributed by atoms with E-state index in [-0.39, 0.29) is 18.3 Å². The van der Waals surface area contributed by atoms with Gasteiger partial charge in [0.2, 0.25) is 0 Å². The molecule has 0 fully saturated rings. The Kier molecular flexibility index (Phi) is 5.20. The minimum atomic E-state index is -0.673. The number of ether oxygens (including phenoxy) is 1. The summed E-state index contributed by atoms with van der Waals surface area (Å²) in [5, 5.41) is 2.80. The minimum Gasteiger partial charge on any atom is -0.367 e. The summed E-state index contributed by atoms with van der Waals surface area (Å²) in [5.41, 5.74) is 2.37. The fourth-order valence-corrected chi connectivity index (χ4v) is 2.51. The SMILES string of the molecule is CO[C@@H](C(=O)NCc1ncc(-c2ccc(F)cc2)[nH]1)c1ccccc1. The Labute approximate surface area is 144 Å². The van der Waals surface area contributed by atoms with Gasteiger partial charge in [-0.05, 0) is 35.4 Å². The van der Waals surface area contributed by atoms with Crippen LogP contribution in [0.4, 0.5) is 4.39 Å². The molecule has 3 rings (SSSR count). The van der Waals surface area contributed by atoms with E-state index in [0.29, 0.717) is 5.82 Å². The molecule has 5 nitrogen and oxygen atoms in total. The highest BCUT2D eigenvalue weighted by Gasteiger charge is 2.19. The summed E-state index contributed by atoms with van der Waals surface area (Å²) in [5.74, 6) is 0.0753. The van der Waals surface area contributed by atoms with Gasteiger partial charge in [-0.3, -0.25) is 4.79 Å². The highest BCUT2D eigenvalue weighted by molar-refractivity contribution is 5.82. The minimum absolute atomic E-state index is 0.242. The molecule has 0 unspecified atom stereocenters. The number of nitrogens with zero attached hydrogens (tertiary/aromatic N) is 1. The molecule has 0 radical (unpaired) electrons. The molecule has 1 aromatic heterocycles. The molecule has 2 aromatic carbocycles. The van der Waals surface area contributed by atoms with Gasteiger partial charge in [-0.2, -0.15) is 0 Å². The fraction of sp³-hybridized carbons (Fsp3) is 0.158. The van der Waals surface area contributed by atoms with Gasteiger partial charge in [-0.1, -0.05) is 30.3 Å². The predicted octanol–water partition coefficient (Wildman–Crippen LogP) is 3.22. The molecule has 0 saturated carbocycles. The zero-order valence-electron chi connectivity index (χ0n) is 13.7.